The molecule has 0 saturated carbocycles. The number of unbranched alkanes of at least 4 members (excludes halogenated alkanes) is 1. The minimum absolute atomic E-state index is 0.0284. The summed E-state index contributed by atoms with van der Waals surface area (Å²) in [5.41, 5.74) is 7.56. The summed E-state index contributed by atoms with van der Waals surface area (Å²) in [6.45, 7) is 27.0. The van der Waals surface area contributed by atoms with Gasteiger partial charge in [0.1, 0.15) is 72.5 Å². The zero-order chi connectivity index (χ0) is 76.8. The molecule has 1 aliphatic heterocycles. The lowest BCUT2D eigenvalue weighted by molar-refractivity contribution is -0.157. The third-order valence-corrected chi connectivity index (χ3v) is 18.4. The van der Waals surface area contributed by atoms with E-state index >= 15 is 19.2 Å². The van der Waals surface area contributed by atoms with Crippen LogP contribution in [0.4, 0.5) is 6.01 Å². The van der Waals surface area contributed by atoms with Crippen molar-refractivity contribution in [3.63, 3.8) is 0 Å². The number of amides is 11. The molecule has 3 rings (SSSR count). The lowest BCUT2D eigenvalue weighted by atomic mass is 9.91. The van der Waals surface area contributed by atoms with Crippen LogP contribution in [0.15, 0.2) is 39.9 Å². The molecule has 1 aliphatic rings. The fourth-order valence-corrected chi connectivity index (χ4v) is 12.3. The Morgan fingerprint density at radius 1 is 0.624 bits per heavy atom. The lowest BCUT2D eigenvalue weighted by Crippen LogP contribution is -2.63. The lowest BCUT2D eigenvalue weighted by Gasteiger charge is -2.41. The molecule has 1 aromatic carbocycles. The summed E-state index contributed by atoms with van der Waals surface area (Å²) in [7, 11) is 9.74. The number of ether oxygens (including phenoxy) is 1. The number of carbonyl (C=O) groups excluding carboxylic acids is 11. The molecule has 101 heavy (non-hydrogen) atoms. The molecular formula is C72H120N14O15. The number of likely N-dealkylation sites (N-methyl/N-ethyl adjacent to an activating group) is 7. The molecule has 1 aromatic heterocycles. The maximum Gasteiger partial charge on any atom is 0.292 e. The standard InChI is InChI=1S/C72H120N14O15/c1-24-26-29-45(13)61(88)60-65(92)77-50(25-2)67(94)80(17)38-56(87)84(21)59(48(16)99-33-28-27-32-74-100-39-49-30-31-55-51(37-49)78-72(73)101-55)64(91)79-57(43(9)10)70(97)81(18)52(34-40(3)4)63(90)75-46(14)62(89)76-47(15)66(93)82(19)53(35-41(5)6)68(95)83(20)54(36-42(7)8)69(96)85(22)58(44(11)12)71(98)86(60)23/h24,26,30-32,37,40-48,50,52-54,57-61,88H,25,27-29,33-36,38-39H2,1-23H3,(H2,73,78)(H,75,90)(H,76,89)(H,77,92)(H,79,91)/b26-24+,74-32+/t45-,46+,47+,48-,50+,52-,53+,54-,57+,58+,59+,60+,61-/m1/s1. The smallest absolute Gasteiger partial charge is 0.292 e. The van der Waals surface area contributed by atoms with E-state index < -0.39 is 162 Å². The van der Waals surface area contributed by atoms with Gasteiger partial charge in [0.2, 0.25) is 65.0 Å². The van der Waals surface area contributed by atoms with E-state index in [1.54, 1.807) is 92.0 Å². The van der Waals surface area contributed by atoms with E-state index in [2.05, 4.69) is 31.4 Å². The molecule has 2 heterocycles. The minimum Gasteiger partial charge on any atom is -0.424 e. The molecule has 7 N–H and O–H groups in total. The minimum atomic E-state index is -1.66. The topological polar surface area (TPSA) is 362 Å². The maximum absolute atomic E-state index is 15.3. The average molecular weight is 1420 g/mol. The van der Waals surface area contributed by atoms with E-state index in [1.165, 1.54) is 82.8 Å². The van der Waals surface area contributed by atoms with Gasteiger partial charge in [0.15, 0.2) is 5.58 Å². The highest BCUT2D eigenvalue weighted by atomic mass is 16.6. The first kappa shape index (κ1) is 87.0. The van der Waals surface area contributed by atoms with Crippen molar-refractivity contribution in [2.45, 2.75) is 235 Å². The van der Waals surface area contributed by atoms with Crippen LogP contribution in [0.2, 0.25) is 0 Å². The number of aliphatic hydroxyl groups excluding tert-OH is 1. The van der Waals surface area contributed by atoms with E-state index in [0.717, 1.165) is 20.3 Å². The first-order chi connectivity index (χ1) is 47.1. The van der Waals surface area contributed by atoms with Gasteiger partial charge in [-0.2, -0.15) is 4.98 Å². The van der Waals surface area contributed by atoms with Crippen molar-refractivity contribution in [2.75, 3.05) is 68.2 Å². The first-order valence-corrected chi connectivity index (χ1v) is 35.4. The number of benzene rings is 1. The fourth-order valence-electron chi connectivity index (χ4n) is 12.3. The van der Waals surface area contributed by atoms with E-state index in [0.29, 0.717) is 23.9 Å². The molecule has 2 aromatic rings. The SMILES string of the molecule is C/C=C/C[C@@H](C)[C@@H](O)[C@H]1C(=O)N[C@@H](CC)C(=O)N(C)CC(=O)N(C)[C@@H]([C@@H](C)OCCC/C=N/OCc2ccc3oc(N)nc3c2)C(=O)N[C@@H](C(C)C)C(=O)N(C)[C@H](CC(C)C)C(=O)N[C@@H](C)C(=O)N[C@@H](C)C(=O)N(C)[C@@H](CC(C)C)C(=O)N(C)[C@H](CC(C)C)C(=O)N(C)[C@@H](C(C)C)C(=O)N1C. The molecule has 29 nitrogen and oxygen atoms in total. The van der Waals surface area contributed by atoms with Crippen LogP contribution < -0.4 is 27.0 Å². The van der Waals surface area contributed by atoms with Gasteiger partial charge in [-0.3, -0.25) is 52.7 Å². The zero-order valence-electron chi connectivity index (χ0n) is 64.2. The highest BCUT2D eigenvalue weighted by Gasteiger charge is 2.46. The zero-order valence-corrected chi connectivity index (χ0v) is 64.2. The monoisotopic (exact) mass is 1420 g/mol. The number of hydrogen-bond donors (Lipinski definition) is 6. The summed E-state index contributed by atoms with van der Waals surface area (Å²) in [4.78, 5) is 181. The Morgan fingerprint density at radius 3 is 1.71 bits per heavy atom. The van der Waals surface area contributed by atoms with E-state index in [9.17, 15) is 38.7 Å². The molecule has 568 valence electrons. The third-order valence-electron chi connectivity index (χ3n) is 18.4. The number of nitrogens with zero attached hydrogens (tertiary/aromatic N) is 9. The normalized spacial score (nSPS) is 24.9. The molecule has 1 fully saturated rings. The van der Waals surface area contributed by atoms with E-state index in [1.807, 2.05) is 41.5 Å². The van der Waals surface area contributed by atoms with Crippen LogP contribution in [0, 0.1) is 35.5 Å². The van der Waals surface area contributed by atoms with Crippen molar-refractivity contribution < 1.29 is 71.8 Å². The quantitative estimate of drug-likeness (QED) is 0.0413. The second-order valence-electron chi connectivity index (χ2n) is 29.0. The van der Waals surface area contributed by atoms with Crippen molar-refractivity contribution in [1.29, 1.82) is 0 Å². The summed E-state index contributed by atoms with van der Waals surface area (Å²) in [6.07, 6.45) is 3.88. The van der Waals surface area contributed by atoms with Gasteiger partial charge in [-0.15, -0.1) is 0 Å². The predicted octanol–water partition coefficient (Wildman–Crippen LogP) is 4.33. The highest BCUT2D eigenvalue weighted by molar-refractivity contribution is 6.00. The van der Waals surface area contributed by atoms with Crippen LogP contribution in [-0.2, 0) is 68.9 Å². The van der Waals surface area contributed by atoms with Crippen molar-refractivity contribution >= 4 is 88.3 Å². The van der Waals surface area contributed by atoms with Gasteiger partial charge in [0.05, 0.1) is 18.8 Å². The van der Waals surface area contributed by atoms with Gasteiger partial charge in [-0.1, -0.05) is 106 Å². The second kappa shape index (κ2) is 40.4. The number of carbonyl (C=O) groups is 11. The molecule has 0 spiro atoms. The van der Waals surface area contributed by atoms with Gasteiger partial charge in [-0.25, -0.2) is 0 Å². The number of anilines is 1. The predicted molar refractivity (Wildman–Crippen MR) is 385 cm³/mol. The number of oxime groups is 1. The molecule has 1 saturated heterocycles. The number of rotatable bonds is 22. The highest BCUT2D eigenvalue weighted by Crippen LogP contribution is 2.26. The number of nitrogens with two attached hydrogens (primary N) is 1. The molecule has 11 amide bonds. The van der Waals surface area contributed by atoms with Gasteiger partial charge < -0.3 is 80.4 Å². The number of oxazole rings is 1. The number of aromatic nitrogens is 1. The molecule has 0 aliphatic carbocycles. The molecule has 0 radical (unpaired) electrons. The maximum atomic E-state index is 15.3. The molecular weight excluding hydrogens is 1300 g/mol. The number of hydrogen-bond acceptors (Lipinski definition) is 18. The molecule has 0 unspecified atom stereocenters. The third kappa shape index (κ3) is 24.5. The fraction of sp³-hybridized carbons (Fsp3) is 0.708. The van der Waals surface area contributed by atoms with Gasteiger partial charge in [-0.05, 0) is 126 Å². The number of fused-ring (bicyclic) bond motifs is 1. The molecule has 13 atom stereocenters. The van der Waals surface area contributed by atoms with Crippen molar-refractivity contribution in [3.8, 4) is 0 Å². The van der Waals surface area contributed by atoms with Gasteiger partial charge in [0, 0.05) is 62.2 Å². The summed E-state index contributed by atoms with van der Waals surface area (Å²) in [5, 5.41) is 27.3. The molecule has 29 heteroatoms. The van der Waals surface area contributed by atoms with Gasteiger partial charge in [0.25, 0.3) is 6.01 Å². The summed E-state index contributed by atoms with van der Waals surface area (Å²) in [5.74, 6) is -10.4. The largest absolute Gasteiger partial charge is 0.424 e. The number of nitrogen functional groups attached to an aromatic ring is 1. The van der Waals surface area contributed by atoms with Crippen LogP contribution in [0.1, 0.15) is 161 Å². The Morgan fingerprint density at radius 2 is 1.16 bits per heavy atom. The number of allylic oxidation sites excluding steroid dienone is 2. The summed E-state index contributed by atoms with van der Waals surface area (Å²) >= 11 is 0. The number of aliphatic hydroxyl groups is 1. The van der Waals surface area contributed by atoms with E-state index in [4.69, 9.17) is 19.7 Å². The average Bonchev–Trinajstić information content (AvgIpc) is 1.41. The van der Waals surface area contributed by atoms with Crippen molar-refractivity contribution in [3.05, 3.63) is 35.9 Å². The van der Waals surface area contributed by atoms with Gasteiger partial charge >= 0.3 is 0 Å². The van der Waals surface area contributed by atoms with Crippen LogP contribution in [0.5, 0.6) is 0 Å². The van der Waals surface area contributed by atoms with Crippen molar-refractivity contribution in [1.82, 2.24) is 60.6 Å². The second-order valence-corrected chi connectivity index (χ2v) is 29.0. The first-order valence-electron chi connectivity index (χ1n) is 35.4. The van der Waals surface area contributed by atoms with Crippen LogP contribution in [0.25, 0.3) is 11.1 Å². The Bertz CT molecular complexity index is 3190. The van der Waals surface area contributed by atoms with Crippen LogP contribution >= 0.6 is 0 Å². The molecule has 0 bridgehead atoms. The summed E-state index contributed by atoms with van der Waals surface area (Å²) < 4.78 is 11.6. The Labute approximate surface area is 598 Å². The van der Waals surface area contributed by atoms with E-state index in [-0.39, 0.29) is 69.1 Å². The number of nitrogens with one attached hydrogen (secondary N) is 4. The Hall–Kier alpha value is -8.21. The Kier molecular flexibility index (Phi) is 34.8. The van der Waals surface area contributed by atoms with Crippen LogP contribution in [0.3, 0.4) is 0 Å². The van der Waals surface area contributed by atoms with Crippen molar-refractivity contribution in [2.24, 2.45) is 40.7 Å². The van der Waals surface area contributed by atoms with Crippen LogP contribution in [-0.4, -0.2) is 251 Å². The Balaban J connectivity index is 2.24. The summed E-state index contributed by atoms with van der Waals surface area (Å²) in [6, 6.07) is -7.81.